The maximum absolute atomic E-state index is 12.6. The van der Waals surface area contributed by atoms with Crippen LogP contribution in [0, 0.1) is 0 Å². The maximum Gasteiger partial charge on any atom is 0.472 e. The highest BCUT2D eigenvalue weighted by molar-refractivity contribution is 7.47. The summed E-state index contributed by atoms with van der Waals surface area (Å²) in [6, 6.07) is 0. The second kappa shape index (κ2) is 40.3. The molecule has 0 saturated carbocycles. The van der Waals surface area contributed by atoms with Crippen LogP contribution in [0.5, 0.6) is 0 Å². The van der Waals surface area contributed by atoms with Crippen LogP contribution in [0.4, 0.5) is 0 Å². The molecule has 0 bridgehead atoms. The fourth-order valence-electron chi connectivity index (χ4n) is 4.71. The molecular weight excluding hydrogens is 713 g/mol. The predicted octanol–water partition coefficient (Wildman–Crippen LogP) is 11.6. The molecule has 10 heteroatoms. The topological polar surface area (TPSA) is 134 Å². The van der Waals surface area contributed by atoms with Crippen LogP contribution in [0.2, 0.25) is 0 Å². The lowest BCUT2D eigenvalue weighted by Crippen LogP contribution is -2.29. The summed E-state index contributed by atoms with van der Waals surface area (Å²) in [6.07, 6.45) is 52.7. The van der Waals surface area contributed by atoms with Gasteiger partial charge in [0.1, 0.15) is 6.61 Å². The maximum atomic E-state index is 12.6. The summed E-state index contributed by atoms with van der Waals surface area (Å²) in [5.74, 6) is -0.930. The van der Waals surface area contributed by atoms with Gasteiger partial charge in [0.25, 0.3) is 0 Å². The Hall–Kier alpha value is -3.33. The van der Waals surface area contributed by atoms with Gasteiger partial charge < -0.3 is 20.1 Å². The lowest BCUT2D eigenvalue weighted by Gasteiger charge is -2.19. The zero-order valence-electron chi connectivity index (χ0n) is 33.9. The van der Waals surface area contributed by atoms with Crippen LogP contribution in [-0.4, -0.2) is 49.3 Å². The van der Waals surface area contributed by atoms with Gasteiger partial charge in [0.05, 0.1) is 13.2 Å². The van der Waals surface area contributed by atoms with Gasteiger partial charge in [0.15, 0.2) is 6.10 Å². The third kappa shape index (κ3) is 40.2. The minimum Gasteiger partial charge on any atom is -0.462 e. The van der Waals surface area contributed by atoms with Gasteiger partial charge in [-0.2, -0.15) is 0 Å². The monoisotopic (exact) mass is 785 g/mol. The van der Waals surface area contributed by atoms with Gasteiger partial charge in [-0.25, -0.2) is 4.57 Å². The number of carbonyl (C=O) groups excluding carboxylic acids is 2. The second-order valence-electron chi connectivity index (χ2n) is 12.7. The Labute approximate surface area is 333 Å². The van der Waals surface area contributed by atoms with E-state index >= 15 is 0 Å². The Morgan fingerprint density at radius 3 is 1.40 bits per heavy atom. The van der Waals surface area contributed by atoms with E-state index in [2.05, 4.69) is 123 Å². The molecule has 3 N–H and O–H groups in total. The molecule has 55 heavy (non-hydrogen) atoms. The van der Waals surface area contributed by atoms with Crippen LogP contribution in [0.15, 0.2) is 109 Å². The van der Waals surface area contributed by atoms with Gasteiger partial charge in [-0.15, -0.1) is 0 Å². The average Bonchev–Trinajstić information content (AvgIpc) is 3.17. The van der Waals surface area contributed by atoms with E-state index in [0.29, 0.717) is 12.8 Å². The number of hydrogen-bond donors (Lipinski definition) is 2. The van der Waals surface area contributed by atoms with Crippen molar-refractivity contribution in [2.75, 3.05) is 26.4 Å². The van der Waals surface area contributed by atoms with Crippen LogP contribution in [0.3, 0.4) is 0 Å². The summed E-state index contributed by atoms with van der Waals surface area (Å²) in [5, 5.41) is 0. The largest absolute Gasteiger partial charge is 0.472 e. The van der Waals surface area contributed by atoms with Gasteiger partial charge in [-0.05, 0) is 96.3 Å². The smallest absolute Gasteiger partial charge is 0.462 e. The molecule has 0 fully saturated rings. The first-order chi connectivity index (χ1) is 26.8. The summed E-state index contributed by atoms with van der Waals surface area (Å²) < 4.78 is 32.6. The standard InChI is InChI=1S/C45H72NO8P/c1-3-5-7-9-11-13-15-17-19-20-21-22-24-26-28-30-32-34-36-38-45(48)54-43(42-53-55(49,50)52-40-39-46)41-51-44(47)37-35-33-31-29-27-25-23-18-16-14-12-10-8-6-4-2/h5-8,11-14,17-19,21-23,26-29,43H,3-4,9-10,15-16,20,24-25,30-42,46H2,1-2H3,(H,49,50)/b7-5-,8-6-,13-11-,14-12-,19-17-,22-21-,23-18-,28-26-,29-27-. The minimum absolute atomic E-state index is 0.0350. The Bertz CT molecular complexity index is 1260. The molecule has 0 amide bonds. The molecule has 0 aliphatic carbocycles. The highest BCUT2D eigenvalue weighted by atomic mass is 31.2. The lowest BCUT2D eigenvalue weighted by atomic mass is 10.1. The van der Waals surface area contributed by atoms with E-state index in [1.807, 2.05) is 0 Å². The molecule has 0 aromatic heterocycles. The van der Waals surface area contributed by atoms with Crippen molar-refractivity contribution in [3.63, 3.8) is 0 Å². The Kier molecular flexibility index (Phi) is 37.9. The summed E-state index contributed by atoms with van der Waals surface area (Å²) in [7, 11) is -4.40. The normalized spacial score (nSPS) is 14.5. The molecule has 0 saturated heterocycles. The minimum atomic E-state index is -4.40. The molecule has 0 aliphatic rings. The second-order valence-corrected chi connectivity index (χ2v) is 14.2. The number of allylic oxidation sites excluding steroid dienone is 18. The zero-order valence-corrected chi connectivity index (χ0v) is 34.7. The van der Waals surface area contributed by atoms with Crippen LogP contribution in [0.25, 0.3) is 0 Å². The SMILES string of the molecule is CC/C=C\C/C=C\C/C=C\C/C=C\C/C=C\CCCCCC(=O)OC(COC(=O)CCCC/C=C\C/C=C\C/C=C\C/C=C\CC)COP(=O)(O)OCCN. The highest BCUT2D eigenvalue weighted by Crippen LogP contribution is 2.43. The molecule has 0 aromatic rings. The van der Waals surface area contributed by atoms with Crippen LogP contribution < -0.4 is 5.73 Å². The molecule has 2 unspecified atom stereocenters. The van der Waals surface area contributed by atoms with Gasteiger partial charge in [0.2, 0.25) is 0 Å². The van der Waals surface area contributed by atoms with Crippen molar-refractivity contribution in [1.29, 1.82) is 0 Å². The van der Waals surface area contributed by atoms with Crippen LogP contribution in [0.1, 0.15) is 129 Å². The van der Waals surface area contributed by atoms with Crippen molar-refractivity contribution in [3.8, 4) is 0 Å². The number of carbonyl (C=O) groups is 2. The molecule has 0 aliphatic heterocycles. The Balaban J connectivity index is 4.36. The fourth-order valence-corrected chi connectivity index (χ4v) is 5.47. The first-order valence-corrected chi connectivity index (χ1v) is 21.9. The van der Waals surface area contributed by atoms with Crippen LogP contribution >= 0.6 is 7.82 Å². The molecule has 2 atom stereocenters. The van der Waals surface area contributed by atoms with Crippen molar-refractivity contribution in [2.24, 2.45) is 5.73 Å². The van der Waals surface area contributed by atoms with Crippen molar-refractivity contribution < 1.29 is 37.6 Å². The van der Waals surface area contributed by atoms with Crippen molar-refractivity contribution >= 4 is 19.8 Å². The fraction of sp³-hybridized carbons (Fsp3) is 0.556. The van der Waals surface area contributed by atoms with Gasteiger partial charge in [-0.1, -0.05) is 130 Å². The number of esters is 2. The van der Waals surface area contributed by atoms with E-state index in [4.69, 9.17) is 24.3 Å². The number of rotatable bonds is 36. The molecule has 9 nitrogen and oxygen atoms in total. The molecular formula is C45H72NO8P. The van der Waals surface area contributed by atoms with Crippen molar-refractivity contribution in [2.45, 2.75) is 136 Å². The number of unbranched alkanes of at least 4 members (excludes halogenated alkanes) is 5. The molecule has 310 valence electrons. The first kappa shape index (κ1) is 51.7. The lowest BCUT2D eigenvalue weighted by molar-refractivity contribution is -0.161. The summed E-state index contributed by atoms with van der Waals surface area (Å²) in [4.78, 5) is 34.8. The van der Waals surface area contributed by atoms with Gasteiger partial charge in [0, 0.05) is 19.4 Å². The Morgan fingerprint density at radius 1 is 0.545 bits per heavy atom. The van der Waals surface area contributed by atoms with E-state index in [1.54, 1.807) is 0 Å². The van der Waals surface area contributed by atoms with E-state index in [9.17, 15) is 19.0 Å². The van der Waals surface area contributed by atoms with Crippen LogP contribution in [-0.2, 0) is 32.7 Å². The van der Waals surface area contributed by atoms with E-state index in [1.165, 1.54) is 0 Å². The molecule has 0 spiro atoms. The number of phosphoric acid groups is 1. The van der Waals surface area contributed by atoms with E-state index < -0.39 is 32.5 Å². The zero-order chi connectivity index (χ0) is 40.3. The molecule has 0 heterocycles. The molecule has 0 aromatic carbocycles. The molecule has 0 rings (SSSR count). The average molecular weight is 786 g/mol. The quantitative estimate of drug-likeness (QED) is 0.0275. The number of hydrogen-bond acceptors (Lipinski definition) is 8. The number of phosphoric ester groups is 1. The van der Waals surface area contributed by atoms with Gasteiger partial charge >= 0.3 is 19.8 Å². The Morgan fingerprint density at radius 2 is 0.945 bits per heavy atom. The van der Waals surface area contributed by atoms with E-state index in [0.717, 1.165) is 89.9 Å². The third-order valence-corrected chi connectivity index (χ3v) is 8.64. The molecule has 0 radical (unpaired) electrons. The van der Waals surface area contributed by atoms with Crippen molar-refractivity contribution in [3.05, 3.63) is 109 Å². The summed E-state index contributed by atoms with van der Waals surface area (Å²) >= 11 is 0. The van der Waals surface area contributed by atoms with E-state index in [-0.39, 0.29) is 32.6 Å². The number of nitrogens with two attached hydrogens (primary N) is 1. The third-order valence-electron chi connectivity index (χ3n) is 7.65. The first-order valence-electron chi connectivity index (χ1n) is 20.4. The number of ether oxygens (including phenoxy) is 2. The van der Waals surface area contributed by atoms with Crippen molar-refractivity contribution in [1.82, 2.24) is 0 Å². The van der Waals surface area contributed by atoms with Gasteiger partial charge in [-0.3, -0.25) is 18.6 Å². The predicted molar refractivity (Wildman–Crippen MR) is 228 cm³/mol. The highest BCUT2D eigenvalue weighted by Gasteiger charge is 2.25. The summed E-state index contributed by atoms with van der Waals surface area (Å²) in [6.45, 7) is 3.37. The summed E-state index contributed by atoms with van der Waals surface area (Å²) in [5.41, 5.74) is 5.33.